The molecule has 0 spiro atoms. The lowest BCUT2D eigenvalue weighted by atomic mass is 10.3. The fourth-order valence-corrected chi connectivity index (χ4v) is 1.78. The Hall–Kier alpha value is -0.800. The first-order chi connectivity index (χ1) is 6.18. The summed E-state index contributed by atoms with van der Waals surface area (Å²) >= 11 is 1.17. The zero-order chi connectivity index (χ0) is 9.68. The fourth-order valence-electron chi connectivity index (χ4n) is 0.903. The van der Waals surface area contributed by atoms with Crippen molar-refractivity contribution in [1.82, 2.24) is 0 Å². The second kappa shape index (κ2) is 5.04. The number of thioether (sulfide) groups is 1. The second-order valence-electron chi connectivity index (χ2n) is 2.84. The second-order valence-corrected chi connectivity index (χ2v) is 3.97. The molecule has 0 bridgehead atoms. The number of aliphatic hydroxyl groups excluding tert-OH is 1. The van der Waals surface area contributed by atoms with Crippen molar-refractivity contribution in [1.29, 1.82) is 0 Å². The lowest BCUT2D eigenvalue weighted by Gasteiger charge is -2.02. The number of hydrogen-bond donors (Lipinski definition) is 1. The topological polar surface area (TPSA) is 37.3 Å². The molecule has 1 aromatic rings. The normalized spacial score (nSPS) is 12.5. The van der Waals surface area contributed by atoms with Crippen molar-refractivity contribution in [2.45, 2.75) is 24.3 Å². The summed E-state index contributed by atoms with van der Waals surface area (Å²) in [5.74, 6) is 0. The molecule has 3 heteroatoms. The highest BCUT2D eigenvalue weighted by Crippen LogP contribution is 2.19. The van der Waals surface area contributed by atoms with Gasteiger partial charge in [-0.15, -0.1) is 0 Å². The molecule has 0 aromatic heterocycles. The summed E-state index contributed by atoms with van der Waals surface area (Å²) in [7, 11) is 0. The van der Waals surface area contributed by atoms with Gasteiger partial charge in [0.15, 0.2) is 5.12 Å². The van der Waals surface area contributed by atoms with Crippen LogP contribution >= 0.6 is 11.8 Å². The predicted molar refractivity (Wildman–Crippen MR) is 53.6 cm³/mol. The van der Waals surface area contributed by atoms with Gasteiger partial charge in [-0.1, -0.05) is 30.0 Å². The standard InChI is InChI=1S/C10H12O2S/c1-8(11)7-10(12)13-9-5-3-2-4-6-9/h2-6,8,11H,7H2,1H3/t8-/m1/s1. The smallest absolute Gasteiger partial charge is 0.196 e. The molecule has 1 atom stereocenters. The fraction of sp³-hybridized carbons (Fsp3) is 0.300. The first kappa shape index (κ1) is 10.3. The first-order valence-corrected chi connectivity index (χ1v) is 4.94. The van der Waals surface area contributed by atoms with E-state index in [9.17, 15) is 4.79 Å². The number of aliphatic hydroxyl groups is 1. The molecule has 0 aliphatic rings. The van der Waals surface area contributed by atoms with Crippen molar-refractivity contribution >= 4 is 16.9 Å². The number of carbonyl (C=O) groups is 1. The number of hydrogen-bond acceptors (Lipinski definition) is 3. The molecule has 0 fully saturated rings. The van der Waals surface area contributed by atoms with E-state index >= 15 is 0 Å². The summed E-state index contributed by atoms with van der Waals surface area (Å²) in [6, 6.07) is 9.44. The Labute approximate surface area is 82.0 Å². The van der Waals surface area contributed by atoms with Gasteiger partial charge in [-0.3, -0.25) is 4.79 Å². The van der Waals surface area contributed by atoms with Crippen LogP contribution < -0.4 is 0 Å². The molecule has 0 aliphatic carbocycles. The van der Waals surface area contributed by atoms with Gasteiger partial charge in [-0.2, -0.15) is 0 Å². The Bertz CT molecular complexity index is 270. The molecule has 1 N–H and O–H groups in total. The molecule has 2 nitrogen and oxygen atoms in total. The van der Waals surface area contributed by atoms with Crippen molar-refractivity contribution in [3.8, 4) is 0 Å². The maximum absolute atomic E-state index is 11.2. The third-order valence-electron chi connectivity index (χ3n) is 1.44. The summed E-state index contributed by atoms with van der Waals surface area (Å²) in [5.41, 5.74) is 0. The zero-order valence-electron chi connectivity index (χ0n) is 7.43. The van der Waals surface area contributed by atoms with Gasteiger partial charge in [0, 0.05) is 11.3 Å². The van der Waals surface area contributed by atoms with Crippen LogP contribution in [0.5, 0.6) is 0 Å². The van der Waals surface area contributed by atoms with Gasteiger partial charge >= 0.3 is 0 Å². The Kier molecular flexibility index (Phi) is 3.99. The van der Waals surface area contributed by atoms with Gasteiger partial charge in [-0.25, -0.2) is 0 Å². The maximum Gasteiger partial charge on any atom is 0.196 e. The van der Waals surface area contributed by atoms with Crippen LogP contribution in [0.1, 0.15) is 13.3 Å². The molecule has 0 radical (unpaired) electrons. The predicted octanol–water partition coefficient (Wildman–Crippen LogP) is 2.08. The van der Waals surface area contributed by atoms with Crippen molar-refractivity contribution in [3.05, 3.63) is 30.3 Å². The highest BCUT2D eigenvalue weighted by atomic mass is 32.2. The number of benzene rings is 1. The van der Waals surface area contributed by atoms with Crippen molar-refractivity contribution in [2.24, 2.45) is 0 Å². The maximum atomic E-state index is 11.2. The van der Waals surface area contributed by atoms with Gasteiger partial charge < -0.3 is 5.11 Å². The van der Waals surface area contributed by atoms with Crippen LogP contribution in [0.25, 0.3) is 0 Å². The Morgan fingerprint density at radius 1 is 1.46 bits per heavy atom. The van der Waals surface area contributed by atoms with Crippen molar-refractivity contribution < 1.29 is 9.90 Å². The summed E-state index contributed by atoms with van der Waals surface area (Å²) in [5, 5.41) is 8.97. The Morgan fingerprint density at radius 3 is 2.62 bits per heavy atom. The van der Waals surface area contributed by atoms with Crippen molar-refractivity contribution in [3.63, 3.8) is 0 Å². The van der Waals surface area contributed by atoms with Gasteiger partial charge in [0.05, 0.1) is 6.10 Å². The molecular weight excluding hydrogens is 184 g/mol. The Balaban J connectivity index is 2.46. The van der Waals surface area contributed by atoms with E-state index < -0.39 is 6.10 Å². The molecule has 0 aliphatic heterocycles. The number of rotatable bonds is 3. The van der Waals surface area contributed by atoms with E-state index in [1.165, 1.54) is 11.8 Å². The molecule has 1 rings (SSSR count). The minimum atomic E-state index is -0.552. The van der Waals surface area contributed by atoms with Gasteiger partial charge in [0.1, 0.15) is 0 Å². The molecule has 1 aromatic carbocycles. The average molecular weight is 196 g/mol. The third kappa shape index (κ3) is 4.10. The summed E-state index contributed by atoms with van der Waals surface area (Å²) in [6.45, 7) is 1.61. The van der Waals surface area contributed by atoms with Crippen molar-refractivity contribution in [2.75, 3.05) is 0 Å². The van der Waals surface area contributed by atoms with Crippen LogP contribution in [0.15, 0.2) is 35.2 Å². The SMILES string of the molecule is C[C@@H](O)CC(=O)Sc1ccccc1. The van der Waals surface area contributed by atoms with Crippen LogP contribution in [0, 0.1) is 0 Å². The molecule has 0 saturated heterocycles. The van der Waals surface area contributed by atoms with Gasteiger partial charge in [0.2, 0.25) is 0 Å². The largest absolute Gasteiger partial charge is 0.393 e. The van der Waals surface area contributed by atoms with E-state index in [4.69, 9.17) is 5.11 Å². The lowest BCUT2D eigenvalue weighted by Crippen LogP contribution is -2.05. The molecule has 0 saturated carbocycles. The quantitative estimate of drug-likeness (QED) is 0.752. The van der Waals surface area contributed by atoms with E-state index in [1.807, 2.05) is 30.3 Å². The highest BCUT2D eigenvalue weighted by molar-refractivity contribution is 8.13. The molecular formula is C10H12O2S. The third-order valence-corrected chi connectivity index (χ3v) is 2.34. The minimum absolute atomic E-state index is 0.00111. The summed E-state index contributed by atoms with van der Waals surface area (Å²) < 4.78 is 0. The molecule has 13 heavy (non-hydrogen) atoms. The Morgan fingerprint density at radius 2 is 2.08 bits per heavy atom. The lowest BCUT2D eigenvalue weighted by molar-refractivity contribution is -0.112. The van der Waals surface area contributed by atoms with Gasteiger partial charge in [-0.05, 0) is 19.1 Å². The minimum Gasteiger partial charge on any atom is -0.393 e. The first-order valence-electron chi connectivity index (χ1n) is 4.12. The van der Waals surface area contributed by atoms with Gasteiger partial charge in [0.25, 0.3) is 0 Å². The number of carbonyl (C=O) groups excluding carboxylic acids is 1. The monoisotopic (exact) mass is 196 g/mol. The van der Waals surface area contributed by atoms with E-state index in [0.29, 0.717) is 0 Å². The van der Waals surface area contributed by atoms with E-state index in [2.05, 4.69) is 0 Å². The average Bonchev–Trinajstić information content (AvgIpc) is 2.04. The summed E-state index contributed by atoms with van der Waals surface area (Å²) in [4.78, 5) is 12.2. The zero-order valence-corrected chi connectivity index (χ0v) is 8.25. The van der Waals surface area contributed by atoms with Crippen LogP contribution in [-0.2, 0) is 4.79 Å². The van der Waals surface area contributed by atoms with Crippen LogP contribution in [0.4, 0.5) is 0 Å². The highest BCUT2D eigenvalue weighted by Gasteiger charge is 2.07. The molecule has 0 amide bonds. The van der Waals surface area contributed by atoms with E-state index in [-0.39, 0.29) is 11.5 Å². The van der Waals surface area contributed by atoms with Crippen LogP contribution in [0.2, 0.25) is 0 Å². The molecule has 0 heterocycles. The van der Waals surface area contributed by atoms with E-state index in [0.717, 1.165) is 4.90 Å². The molecule has 70 valence electrons. The molecule has 0 unspecified atom stereocenters. The summed E-state index contributed by atoms with van der Waals surface area (Å²) in [6.07, 6.45) is -0.344. The van der Waals surface area contributed by atoms with Crippen LogP contribution in [0.3, 0.4) is 0 Å². The van der Waals surface area contributed by atoms with Crippen LogP contribution in [-0.4, -0.2) is 16.3 Å². The van der Waals surface area contributed by atoms with E-state index in [1.54, 1.807) is 6.92 Å².